The van der Waals surface area contributed by atoms with Crippen LogP contribution in [0.25, 0.3) is 0 Å². The van der Waals surface area contributed by atoms with Crippen LogP contribution >= 0.6 is 11.6 Å². The number of aliphatic imine (C=N–C) groups is 1. The average Bonchev–Trinajstić information content (AvgIpc) is 2.90. The molecule has 1 aliphatic heterocycles. The molecular weight excluding hydrogens is 384 g/mol. The van der Waals surface area contributed by atoms with E-state index in [9.17, 15) is 0 Å². The number of hydrogen-bond acceptors (Lipinski definition) is 3. The lowest BCUT2D eigenvalue weighted by atomic mass is 9.86. The normalized spacial score (nSPS) is 15.0. The molecule has 1 aromatic heterocycles. The number of fused-ring (bicyclic) bond motifs is 1. The molecule has 0 atom stereocenters. The molecule has 2 heterocycles. The van der Waals surface area contributed by atoms with Crippen molar-refractivity contribution < 1.29 is 0 Å². The van der Waals surface area contributed by atoms with E-state index in [0.717, 1.165) is 61.5 Å². The Balaban J connectivity index is 1.46. The summed E-state index contributed by atoms with van der Waals surface area (Å²) in [6.07, 6.45) is 6.56. The van der Waals surface area contributed by atoms with Gasteiger partial charge >= 0.3 is 0 Å². The van der Waals surface area contributed by atoms with Gasteiger partial charge in [-0.1, -0.05) is 44.0 Å². The van der Waals surface area contributed by atoms with Gasteiger partial charge in [-0.15, -0.1) is 10.2 Å². The van der Waals surface area contributed by atoms with E-state index >= 15 is 0 Å². The van der Waals surface area contributed by atoms with E-state index in [1.54, 1.807) is 0 Å². The maximum absolute atomic E-state index is 6.12. The number of hydrogen-bond donors (Lipinski definition) is 2. The Morgan fingerprint density at radius 2 is 2.07 bits per heavy atom. The summed E-state index contributed by atoms with van der Waals surface area (Å²) >= 11 is 6.12. The van der Waals surface area contributed by atoms with E-state index in [1.165, 1.54) is 24.8 Å². The minimum atomic E-state index is 0.0760. The maximum atomic E-state index is 6.12. The third-order valence-electron chi connectivity index (χ3n) is 5.36. The van der Waals surface area contributed by atoms with Crippen LogP contribution in [-0.4, -0.2) is 40.9 Å². The second-order valence-electron chi connectivity index (χ2n) is 8.57. The van der Waals surface area contributed by atoms with Gasteiger partial charge in [0.2, 0.25) is 0 Å². The largest absolute Gasteiger partial charge is 0.356 e. The number of halogens is 1. The van der Waals surface area contributed by atoms with E-state index in [4.69, 9.17) is 11.6 Å². The molecule has 3 rings (SSSR count). The highest BCUT2D eigenvalue weighted by atomic mass is 35.5. The SMILES string of the molecule is CN=C(NCCc1nnc2n1CCCCC2)NCC(C)(C)Cc1cccc(Cl)c1. The van der Waals surface area contributed by atoms with Crippen molar-refractivity contribution in [2.45, 2.75) is 58.9 Å². The minimum Gasteiger partial charge on any atom is -0.356 e. The van der Waals surface area contributed by atoms with Gasteiger partial charge < -0.3 is 15.2 Å². The van der Waals surface area contributed by atoms with Crippen LogP contribution in [0.2, 0.25) is 5.02 Å². The standard InChI is InChI=1S/C22H33ClN6/c1-22(2,15-17-8-7-9-18(23)14-17)16-26-21(24-3)25-12-11-20-28-27-19-10-5-4-6-13-29(19)20/h7-9,14H,4-6,10-13,15-16H2,1-3H3,(H2,24,25,26). The van der Waals surface area contributed by atoms with Gasteiger partial charge in [0.15, 0.2) is 5.96 Å². The lowest BCUT2D eigenvalue weighted by Gasteiger charge is -2.26. The van der Waals surface area contributed by atoms with Crippen molar-refractivity contribution in [1.82, 2.24) is 25.4 Å². The zero-order valence-electron chi connectivity index (χ0n) is 17.8. The third-order valence-corrected chi connectivity index (χ3v) is 5.59. The van der Waals surface area contributed by atoms with E-state index in [2.05, 4.69) is 50.3 Å². The zero-order valence-corrected chi connectivity index (χ0v) is 18.6. The number of rotatable bonds is 7. The van der Waals surface area contributed by atoms with Gasteiger partial charge in [-0.2, -0.15) is 0 Å². The van der Waals surface area contributed by atoms with Crippen LogP contribution in [-0.2, 0) is 25.8 Å². The minimum absolute atomic E-state index is 0.0760. The Kier molecular flexibility index (Phi) is 7.53. The van der Waals surface area contributed by atoms with Crippen LogP contribution < -0.4 is 10.6 Å². The van der Waals surface area contributed by atoms with Gasteiger partial charge in [-0.05, 0) is 42.4 Å². The summed E-state index contributed by atoms with van der Waals surface area (Å²) in [5.74, 6) is 3.04. The summed E-state index contributed by atoms with van der Waals surface area (Å²) < 4.78 is 2.30. The first-order valence-electron chi connectivity index (χ1n) is 10.6. The molecule has 0 unspecified atom stereocenters. The first kappa shape index (κ1) is 21.6. The number of benzene rings is 1. The topological polar surface area (TPSA) is 67.1 Å². The second-order valence-corrected chi connectivity index (χ2v) is 9.00. The molecule has 29 heavy (non-hydrogen) atoms. The maximum Gasteiger partial charge on any atom is 0.191 e. The highest BCUT2D eigenvalue weighted by molar-refractivity contribution is 6.30. The number of aryl methyl sites for hydroxylation is 1. The number of guanidine groups is 1. The molecule has 0 spiro atoms. The van der Waals surface area contributed by atoms with Crippen LogP contribution in [0, 0.1) is 5.41 Å². The van der Waals surface area contributed by atoms with E-state index in [1.807, 2.05) is 25.2 Å². The molecule has 7 heteroatoms. The van der Waals surface area contributed by atoms with Gasteiger partial charge in [0, 0.05) is 44.5 Å². The van der Waals surface area contributed by atoms with Crippen LogP contribution in [0.5, 0.6) is 0 Å². The molecule has 1 aliphatic rings. The molecule has 0 saturated heterocycles. The quantitative estimate of drug-likeness (QED) is 0.534. The van der Waals surface area contributed by atoms with Crippen molar-refractivity contribution in [2.24, 2.45) is 10.4 Å². The zero-order chi connectivity index (χ0) is 20.7. The number of aromatic nitrogens is 3. The number of nitrogens with zero attached hydrogens (tertiary/aromatic N) is 4. The van der Waals surface area contributed by atoms with E-state index in [-0.39, 0.29) is 5.41 Å². The molecule has 0 saturated carbocycles. The fourth-order valence-corrected chi connectivity index (χ4v) is 4.04. The molecule has 2 N–H and O–H groups in total. The molecule has 0 radical (unpaired) electrons. The highest BCUT2D eigenvalue weighted by Crippen LogP contribution is 2.22. The van der Waals surface area contributed by atoms with Crippen LogP contribution in [0.1, 0.15) is 50.3 Å². The van der Waals surface area contributed by atoms with Gasteiger partial charge in [0.25, 0.3) is 0 Å². The van der Waals surface area contributed by atoms with Crippen molar-refractivity contribution in [3.05, 3.63) is 46.5 Å². The lowest BCUT2D eigenvalue weighted by Crippen LogP contribution is -2.43. The van der Waals surface area contributed by atoms with E-state index < -0.39 is 0 Å². The Morgan fingerprint density at radius 1 is 1.21 bits per heavy atom. The van der Waals surface area contributed by atoms with Crippen LogP contribution in [0.4, 0.5) is 0 Å². The molecule has 0 bridgehead atoms. The Morgan fingerprint density at radius 3 is 2.86 bits per heavy atom. The average molecular weight is 417 g/mol. The van der Waals surface area contributed by atoms with Crippen molar-refractivity contribution in [1.29, 1.82) is 0 Å². The van der Waals surface area contributed by atoms with Gasteiger partial charge in [-0.3, -0.25) is 4.99 Å². The molecule has 6 nitrogen and oxygen atoms in total. The summed E-state index contributed by atoms with van der Waals surface area (Å²) in [5.41, 5.74) is 1.33. The first-order valence-corrected chi connectivity index (χ1v) is 10.9. The number of nitrogens with one attached hydrogen (secondary N) is 2. The predicted molar refractivity (Wildman–Crippen MR) is 120 cm³/mol. The Labute approximate surface area is 179 Å². The van der Waals surface area contributed by atoms with E-state index in [0.29, 0.717) is 0 Å². The molecule has 0 aliphatic carbocycles. The second kappa shape index (κ2) is 10.1. The Bertz CT molecular complexity index is 826. The molecule has 1 aromatic carbocycles. The molecular formula is C22H33ClN6. The molecule has 0 amide bonds. The van der Waals surface area contributed by atoms with Crippen molar-refractivity contribution in [3.63, 3.8) is 0 Å². The third kappa shape index (κ3) is 6.46. The van der Waals surface area contributed by atoms with Crippen molar-refractivity contribution in [3.8, 4) is 0 Å². The van der Waals surface area contributed by atoms with Crippen LogP contribution in [0.15, 0.2) is 29.3 Å². The van der Waals surface area contributed by atoms with Crippen LogP contribution in [0.3, 0.4) is 0 Å². The molecule has 158 valence electrons. The summed E-state index contributed by atoms with van der Waals surface area (Å²) in [6.45, 7) is 7.15. The monoisotopic (exact) mass is 416 g/mol. The summed E-state index contributed by atoms with van der Waals surface area (Å²) in [5, 5.41) is 16.4. The first-order chi connectivity index (χ1) is 14.0. The summed E-state index contributed by atoms with van der Waals surface area (Å²) in [7, 11) is 1.81. The smallest absolute Gasteiger partial charge is 0.191 e. The fraction of sp³-hybridized carbons (Fsp3) is 0.591. The van der Waals surface area contributed by atoms with Crippen molar-refractivity contribution >= 4 is 17.6 Å². The predicted octanol–water partition coefficient (Wildman–Crippen LogP) is 3.63. The molecule has 0 fully saturated rings. The molecule has 2 aromatic rings. The van der Waals surface area contributed by atoms with Gasteiger partial charge in [0.05, 0.1) is 0 Å². The Hall–Kier alpha value is -2.08. The van der Waals surface area contributed by atoms with Gasteiger partial charge in [-0.25, -0.2) is 0 Å². The highest BCUT2D eigenvalue weighted by Gasteiger charge is 2.19. The van der Waals surface area contributed by atoms with Crippen molar-refractivity contribution in [2.75, 3.05) is 20.1 Å². The summed E-state index contributed by atoms with van der Waals surface area (Å²) in [6, 6.07) is 8.09. The lowest BCUT2D eigenvalue weighted by molar-refractivity contribution is 0.359. The fourth-order valence-electron chi connectivity index (χ4n) is 3.83. The van der Waals surface area contributed by atoms with Gasteiger partial charge in [0.1, 0.15) is 11.6 Å². The summed E-state index contributed by atoms with van der Waals surface area (Å²) in [4.78, 5) is 4.36.